The van der Waals surface area contributed by atoms with Crippen LogP contribution in [-0.2, 0) is 11.3 Å². The highest BCUT2D eigenvalue weighted by Gasteiger charge is 2.33. The summed E-state index contributed by atoms with van der Waals surface area (Å²) in [7, 11) is 0. The van der Waals surface area contributed by atoms with E-state index >= 15 is 0 Å². The number of amides is 2. The summed E-state index contributed by atoms with van der Waals surface area (Å²) in [5, 5.41) is 7.78. The summed E-state index contributed by atoms with van der Waals surface area (Å²) in [6, 6.07) is 18.3. The summed E-state index contributed by atoms with van der Waals surface area (Å²) in [6.07, 6.45) is 4.27. The molecule has 8 heteroatoms. The molecule has 0 saturated heterocycles. The zero-order chi connectivity index (χ0) is 23.0. The lowest BCUT2D eigenvalue weighted by molar-refractivity contribution is -0.123. The van der Waals surface area contributed by atoms with Gasteiger partial charge in [0.1, 0.15) is 11.5 Å². The van der Waals surface area contributed by atoms with Gasteiger partial charge in [0, 0.05) is 23.8 Å². The number of hydrogen-bond donors (Lipinski definition) is 2. The van der Waals surface area contributed by atoms with Gasteiger partial charge in [-0.05, 0) is 34.7 Å². The topological polar surface area (TPSA) is 84.0 Å². The van der Waals surface area contributed by atoms with Gasteiger partial charge in [-0.15, -0.1) is 11.3 Å². The average molecular weight is 461 g/mol. The van der Waals surface area contributed by atoms with E-state index in [4.69, 9.17) is 0 Å². The van der Waals surface area contributed by atoms with Gasteiger partial charge in [-0.25, -0.2) is 9.37 Å². The van der Waals surface area contributed by atoms with Crippen LogP contribution in [0.5, 0.6) is 0 Å². The maximum absolute atomic E-state index is 13.6. The largest absolute Gasteiger partial charge is 0.351 e. The zero-order valence-electron chi connectivity index (χ0n) is 17.5. The van der Waals surface area contributed by atoms with Crippen molar-refractivity contribution in [2.75, 3.05) is 0 Å². The molecular formula is C25H21FN4O2S. The third-order valence-electron chi connectivity index (χ3n) is 5.09. The molecule has 2 heterocycles. The minimum absolute atomic E-state index is 0.140. The van der Waals surface area contributed by atoms with E-state index in [0.29, 0.717) is 12.1 Å². The molecule has 2 unspecified atom stereocenters. The molecule has 2 amide bonds. The number of thiophene rings is 1. The normalized spacial score (nSPS) is 12.5. The van der Waals surface area contributed by atoms with E-state index < -0.39 is 23.7 Å². The molecule has 0 radical (unpaired) electrons. The van der Waals surface area contributed by atoms with Crippen molar-refractivity contribution in [1.29, 1.82) is 0 Å². The van der Waals surface area contributed by atoms with Gasteiger partial charge in [0.2, 0.25) is 5.91 Å². The Morgan fingerprint density at radius 3 is 2.42 bits per heavy atom. The highest BCUT2D eigenvalue weighted by Crippen LogP contribution is 2.34. The van der Waals surface area contributed by atoms with Crippen LogP contribution in [-0.4, -0.2) is 21.8 Å². The van der Waals surface area contributed by atoms with Gasteiger partial charge in [-0.3, -0.25) is 14.6 Å². The van der Waals surface area contributed by atoms with Crippen LogP contribution >= 0.6 is 11.3 Å². The second-order valence-corrected chi connectivity index (χ2v) is 8.27. The van der Waals surface area contributed by atoms with Gasteiger partial charge in [0.25, 0.3) is 5.91 Å². The number of hydrogen-bond acceptors (Lipinski definition) is 5. The second kappa shape index (κ2) is 10.6. The molecule has 4 rings (SSSR count). The Bertz CT molecular complexity index is 1190. The van der Waals surface area contributed by atoms with Gasteiger partial charge in [0.15, 0.2) is 0 Å². The first-order valence-corrected chi connectivity index (χ1v) is 11.2. The Labute approximate surface area is 194 Å². The predicted octanol–water partition coefficient (Wildman–Crippen LogP) is 4.25. The molecule has 0 bridgehead atoms. The Morgan fingerprint density at radius 1 is 0.970 bits per heavy atom. The van der Waals surface area contributed by atoms with Gasteiger partial charge in [-0.1, -0.05) is 48.5 Å². The SMILES string of the molecule is O=C(NC(c1cccs1)C(C(=O)NCc1ccccc1)c1ccc(F)cc1)c1cnccn1. The number of halogens is 1. The van der Waals surface area contributed by atoms with E-state index in [9.17, 15) is 14.0 Å². The second-order valence-electron chi connectivity index (χ2n) is 7.29. The zero-order valence-corrected chi connectivity index (χ0v) is 18.3. The Morgan fingerprint density at radius 2 is 1.76 bits per heavy atom. The number of nitrogens with zero attached hydrogens (tertiary/aromatic N) is 2. The average Bonchev–Trinajstić information content (AvgIpc) is 3.39. The smallest absolute Gasteiger partial charge is 0.272 e. The lowest BCUT2D eigenvalue weighted by Crippen LogP contribution is -2.40. The molecule has 2 aromatic heterocycles. The fourth-order valence-electron chi connectivity index (χ4n) is 3.48. The van der Waals surface area contributed by atoms with Crippen LogP contribution in [0.15, 0.2) is 90.7 Å². The van der Waals surface area contributed by atoms with Gasteiger partial charge in [-0.2, -0.15) is 0 Å². The molecule has 166 valence electrons. The van der Waals surface area contributed by atoms with Crippen LogP contribution in [0.3, 0.4) is 0 Å². The number of rotatable bonds is 8. The summed E-state index contributed by atoms with van der Waals surface area (Å²) >= 11 is 1.42. The van der Waals surface area contributed by atoms with Crippen molar-refractivity contribution in [3.63, 3.8) is 0 Å². The predicted molar refractivity (Wildman–Crippen MR) is 124 cm³/mol. The Balaban J connectivity index is 1.67. The third-order valence-corrected chi connectivity index (χ3v) is 6.04. The maximum atomic E-state index is 13.6. The molecule has 0 aliphatic rings. The monoisotopic (exact) mass is 460 g/mol. The summed E-state index contributed by atoms with van der Waals surface area (Å²) in [5.41, 5.74) is 1.67. The Hall–Kier alpha value is -3.91. The van der Waals surface area contributed by atoms with E-state index in [0.717, 1.165) is 10.4 Å². The van der Waals surface area contributed by atoms with Crippen molar-refractivity contribution >= 4 is 23.2 Å². The van der Waals surface area contributed by atoms with E-state index in [1.165, 1.54) is 42.1 Å². The standard InChI is InChI=1S/C25H21FN4O2S/c26-19-10-8-18(9-11-19)22(25(32)29-15-17-5-2-1-3-6-17)23(21-7-4-14-33-21)30-24(31)20-16-27-12-13-28-20/h1-14,16,22-23H,15H2,(H,29,32)(H,30,31). The summed E-state index contributed by atoms with van der Waals surface area (Å²) in [4.78, 5) is 35.2. The molecule has 4 aromatic rings. The van der Waals surface area contributed by atoms with Crippen LogP contribution in [0.25, 0.3) is 0 Å². The van der Waals surface area contributed by atoms with E-state index in [-0.39, 0.29) is 11.6 Å². The van der Waals surface area contributed by atoms with Gasteiger partial charge in [0.05, 0.1) is 18.2 Å². The molecule has 6 nitrogen and oxygen atoms in total. The molecule has 0 saturated carbocycles. The van der Waals surface area contributed by atoms with Crippen molar-refractivity contribution in [3.8, 4) is 0 Å². The first-order valence-electron chi connectivity index (χ1n) is 10.3. The van der Waals surface area contributed by atoms with Crippen molar-refractivity contribution in [1.82, 2.24) is 20.6 Å². The Kier molecular flexibility index (Phi) is 7.16. The number of carbonyl (C=O) groups excluding carboxylic acids is 2. The lowest BCUT2D eigenvalue weighted by atomic mass is 9.89. The van der Waals surface area contributed by atoms with Crippen molar-refractivity contribution in [2.45, 2.75) is 18.5 Å². The first-order chi connectivity index (χ1) is 16.1. The quantitative estimate of drug-likeness (QED) is 0.412. The highest BCUT2D eigenvalue weighted by molar-refractivity contribution is 7.10. The number of benzene rings is 2. The van der Waals surface area contributed by atoms with Gasteiger partial charge < -0.3 is 10.6 Å². The number of aromatic nitrogens is 2. The first kappa shape index (κ1) is 22.3. The summed E-state index contributed by atoms with van der Waals surface area (Å²) in [6.45, 7) is 0.326. The van der Waals surface area contributed by atoms with Crippen LogP contribution in [0.1, 0.15) is 38.5 Å². The summed E-state index contributed by atoms with van der Waals surface area (Å²) < 4.78 is 13.6. The minimum Gasteiger partial charge on any atom is -0.351 e. The van der Waals surface area contributed by atoms with Gasteiger partial charge >= 0.3 is 0 Å². The molecule has 0 spiro atoms. The third kappa shape index (κ3) is 5.67. The van der Waals surface area contributed by atoms with Crippen LogP contribution in [0.4, 0.5) is 4.39 Å². The molecular weight excluding hydrogens is 439 g/mol. The minimum atomic E-state index is -0.798. The van der Waals surface area contributed by atoms with E-state index in [1.807, 2.05) is 47.8 Å². The molecule has 2 N–H and O–H groups in total. The van der Waals surface area contributed by atoms with Crippen molar-refractivity contribution in [3.05, 3.63) is 118 Å². The molecule has 0 aliphatic carbocycles. The highest BCUT2D eigenvalue weighted by atomic mass is 32.1. The maximum Gasteiger partial charge on any atom is 0.272 e. The van der Waals surface area contributed by atoms with E-state index in [1.54, 1.807) is 12.1 Å². The molecule has 0 aliphatic heterocycles. The van der Waals surface area contributed by atoms with Crippen molar-refractivity contribution in [2.24, 2.45) is 0 Å². The van der Waals surface area contributed by atoms with Crippen LogP contribution in [0.2, 0.25) is 0 Å². The fourth-order valence-corrected chi connectivity index (χ4v) is 4.29. The summed E-state index contributed by atoms with van der Waals surface area (Å²) in [5.74, 6) is -1.94. The van der Waals surface area contributed by atoms with E-state index in [2.05, 4.69) is 20.6 Å². The number of nitrogens with one attached hydrogen (secondary N) is 2. The number of carbonyl (C=O) groups is 2. The lowest BCUT2D eigenvalue weighted by Gasteiger charge is -2.27. The van der Waals surface area contributed by atoms with Crippen LogP contribution < -0.4 is 10.6 Å². The molecule has 2 atom stereocenters. The van der Waals surface area contributed by atoms with Crippen molar-refractivity contribution < 1.29 is 14.0 Å². The molecule has 2 aromatic carbocycles. The fraction of sp³-hybridized carbons (Fsp3) is 0.120. The molecule has 33 heavy (non-hydrogen) atoms. The molecule has 0 fully saturated rings. The van der Waals surface area contributed by atoms with Crippen LogP contribution in [0, 0.1) is 5.82 Å².